The maximum atomic E-state index is 13.4. The Morgan fingerprint density at radius 2 is 2.20 bits per heavy atom. The molecule has 78 valence electrons. The maximum Gasteiger partial charge on any atom is 0.146 e. The Morgan fingerprint density at radius 1 is 1.33 bits per heavy atom. The molecule has 0 amide bonds. The number of hydrogen-bond acceptors (Lipinski definition) is 1. The average Bonchev–Trinajstić information content (AvgIpc) is 2.70. The van der Waals surface area contributed by atoms with E-state index in [0.29, 0.717) is 12.2 Å². The van der Waals surface area contributed by atoms with E-state index >= 15 is 0 Å². The Balaban J connectivity index is 2.11. The Kier molecular flexibility index (Phi) is 2.72. The summed E-state index contributed by atoms with van der Waals surface area (Å²) in [5.41, 5.74) is 2.61. The number of hydrogen-bond donors (Lipinski definition) is 2. The van der Waals surface area contributed by atoms with E-state index < -0.39 is 0 Å². The molecule has 1 aromatic heterocycles. The molecule has 3 heteroatoms. The van der Waals surface area contributed by atoms with Gasteiger partial charge in [-0.2, -0.15) is 0 Å². The number of aryl methyl sites for hydroxylation is 1. The highest BCUT2D eigenvalue weighted by Gasteiger charge is 2.03. The normalized spacial score (nSPS) is 10.3. The minimum atomic E-state index is -0.203. The lowest BCUT2D eigenvalue weighted by molar-refractivity contribution is 0.629. The van der Waals surface area contributed by atoms with E-state index in [4.69, 9.17) is 0 Å². The van der Waals surface area contributed by atoms with Gasteiger partial charge in [-0.1, -0.05) is 12.1 Å². The standard InChI is InChI=1S/C12H13FN2/c1-9-3-2-4-11(13)12(9)15-8-10-5-6-14-7-10/h2-7,14-15H,8H2,1H3. The minimum Gasteiger partial charge on any atom is -0.378 e. The minimum absolute atomic E-state index is 0.203. The van der Waals surface area contributed by atoms with Gasteiger partial charge in [-0.05, 0) is 30.2 Å². The van der Waals surface area contributed by atoms with Gasteiger partial charge in [-0.3, -0.25) is 0 Å². The van der Waals surface area contributed by atoms with Crippen molar-refractivity contribution in [1.29, 1.82) is 0 Å². The molecular weight excluding hydrogens is 191 g/mol. The predicted octanol–water partition coefficient (Wildman–Crippen LogP) is 3.07. The van der Waals surface area contributed by atoms with E-state index in [1.165, 1.54) is 6.07 Å². The van der Waals surface area contributed by atoms with Crippen molar-refractivity contribution in [2.45, 2.75) is 13.5 Å². The van der Waals surface area contributed by atoms with Gasteiger partial charge in [0, 0.05) is 18.9 Å². The fraction of sp³-hybridized carbons (Fsp3) is 0.167. The van der Waals surface area contributed by atoms with Gasteiger partial charge in [0.1, 0.15) is 5.82 Å². The number of rotatable bonds is 3. The molecular formula is C12H13FN2. The summed E-state index contributed by atoms with van der Waals surface area (Å²) < 4.78 is 13.4. The Bertz CT molecular complexity index is 415. The van der Waals surface area contributed by atoms with Crippen molar-refractivity contribution in [3.05, 3.63) is 53.6 Å². The van der Waals surface area contributed by atoms with Crippen LogP contribution in [0, 0.1) is 12.7 Å². The van der Waals surface area contributed by atoms with E-state index in [2.05, 4.69) is 10.3 Å². The second-order valence-corrected chi connectivity index (χ2v) is 3.50. The first-order valence-electron chi connectivity index (χ1n) is 4.88. The SMILES string of the molecule is Cc1cccc(F)c1NCc1cc[nH]c1. The second-order valence-electron chi connectivity index (χ2n) is 3.50. The van der Waals surface area contributed by atoms with Crippen molar-refractivity contribution in [3.63, 3.8) is 0 Å². The van der Waals surface area contributed by atoms with Crippen molar-refractivity contribution >= 4 is 5.69 Å². The van der Waals surface area contributed by atoms with Gasteiger partial charge in [0.15, 0.2) is 0 Å². The summed E-state index contributed by atoms with van der Waals surface area (Å²) in [6, 6.07) is 7.03. The van der Waals surface area contributed by atoms with Crippen molar-refractivity contribution in [3.8, 4) is 0 Å². The molecule has 0 fully saturated rings. The molecule has 2 N–H and O–H groups in total. The maximum absolute atomic E-state index is 13.4. The molecule has 2 rings (SSSR count). The Hall–Kier alpha value is -1.77. The van der Waals surface area contributed by atoms with Gasteiger partial charge < -0.3 is 10.3 Å². The number of anilines is 1. The molecule has 0 aliphatic carbocycles. The number of H-pyrrole nitrogens is 1. The number of halogens is 1. The van der Waals surface area contributed by atoms with Crippen LogP contribution in [0.3, 0.4) is 0 Å². The molecule has 15 heavy (non-hydrogen) atoms. The van der Waals surface area contributed by atoms with Crippen molar-refractivity contribution in [2.75, 3.05) is 5.32 Å². The molecule has 0 aliphatic heterocycles. The highest BCUT2D eigenvalue weighted by molar-refractivity contribution is 5.51. The Morgan fingerprint density at radius 3 is 2.87 bits per heavy atom. The topological polar surface area (TPSA) is 27.8 Å². The second kappa shape index (κ2) is 4.17. The van der Waals surface area contributed by atoms with Crippen LogP contribution < -0.4 is 5.32 Å². The third kappa shape index (κ3) is 2.18. The zero-order chi connectivity index (χ0) is 10.7. The van der Waals surface area contributed by atoms with Gasteiger partial charge in [-0.15, -0.1) is 0 Å². The molecule has 0 spiro atoms. The number of aromatic amines is 1. The third-order valence-corrected chi connectivity index (χ3v) is 2.35. The van der Waals surface area contributed by atoms with Crippen LogP contribution in [0.15, 0.2) is 36.7 Å². The summed E-state index contributed by atoms with van der Waals surface area (Å²) >= 11 is 0. The van der Waals surface area contributed by atoms with Crippen LogP contribution >= 0.6 is 0 Å². The van der Waals surface area contributed by atoms with Crippen LogP contribution in [-0.4, -0.2) is 4.98 Å². The van der Waals surface area contributed by atoms with Crippen LogP contribution in [0.25, 0.3) is 0 Å². The van der Waals surface area contributed by atoms with Gasteiger partial charge in [0.25, 0.3) is 0 Å². The molecule has 1 aromatic carbocycles. The van der Waals surface area contributed by atoms with Crippen molar-refractivity contribution in [2.24, 2.45) is 0 Å². The van der Waals surface area contributed by atoms with Crippen molar-refractivity contribution < 1.29 is 4.39 Å². The molecule has 0 saturated carbocycles. The third-order valence-electron chi connectivity index (χ3n) is 2.35. The number of aromatic nitrogens is 1. The summed E-state index contributed by atoms with van der Waals surface area (Å²) in [5.74, 6) is -0.203. The lowest BCUT2D eigenvalue weighted by atomic mass is 10.2. The molecule has 2 aromatic rings. The quantitative estimate of drug-likeness (QED) is 0.790. The van der Waals surface area contributed by atoms with Crippen molar-refractivity contribution in [1.82, 2.24) is 4.98 Å². The molecule has 0 saturated heterocycles. The zero-order valence-electron chi connectivity index (χ0n) is 8.55. The van der Waals surface area contributed by atoms with E-state index in [-0.39, 0.29) is 5.82 Å². The molecule has 0 atom stereocenters. The van der Waals surface area contributed by atoms with Crippen LogP contribution in [0.4, 0.5) is 10.1 Å². The first-order valence-corrected chi connectivity index (χ1v) is 4.88. The highest BCUT2D eigenvalue weighted by atomic mass is 19.1. The summed E-state index contributed by atoms with van der Waals surface area (Å²) in [6.45, 7) is 2.52. The van der Waals surface area contributed by atoms with Crippen LogP contribution in [0.5, 0.6) is 0 Å². The average molecular weight is 204 g/mol. The number of benzene rings is 1. The number of nitrogens with one attached hydrogen (secondary N) is 2. The molecule has 1 heterocycles. The van der Waals surface area contributed by atoms with E-state index in [9.17, 15) is 4.39 Å². The summed E-state index contributed by atoms with van der Waals surface area (Å²) in [7, 11) is 0. The molecule has 2 nitrogen and oxygen atoms in total. The van der Waals surface area contributed by atoms with E-state index in [0.717, 1.165) is 11.1 Å². The Labute approximate surface area is 88.1 Å². The molecule has 0 bridgehead atoms. The van der Waals surface area contributed by atoms with Gasteiger partial charge in [0.2, 0.25) is 0 Å². The van der Waals surface area contributed by atoms with E-state index in [1.807, 2.05) is 31.5 Å². The van der Waals surface area contributed by atoms with Crippen LogP contribution in [-0.2, 0) is 6.54 Å². The van der Waals surface area contributed by atoms with Crippen LogP contribution in [0.1, 0.15) is 11.1 Å². The van der Waals surface area contributed by atoms with Gasteiger partial charge in [-0.25, -0.2) is 4.39 Å². The summed E-state index contributed by atoms with van der Waals surface area (Å²) in [5, 5.41) is 3.09. The molecule has 0 aliphatic rings. The lowest BCUT2D eigenvalue weighted by Gasteiger charge is -2.09. The highest BCUT2D eigenvalue weighted by Crippen LogP contribution is 2.19. The fourth-order valence-corrected chi connectivity index (χ4v) is 1.51. The van der Waals surface area contributed by atoms with Crippen LogP contribution in [0.2, 0.25) is 0 Å². The summed E-state index contributed by atoms with van der Waals surface area (Å²) in [4.78, 5) is 2.96. The molecule has 0 radical (unpaired) electrons. The van der Waals surface area contributed by atoms with Gasteiger partial charge in [0.05, 0.1) is 5.69 Å². The lowest BCUT2D eigenvalue weighted by Crippen LogP contribution is -2.02. The first-order chi connectivity index (χ1) is 7.27. The largest absolute Gasteiger partial charge is 0.378 e. The number of para-hydroxylation sites is 1. The predicted molar refractivity (Wildman–Crippen MR) is 59.3 cm³/mol. The summed E-state index contributed by atoms with van der Waals surface area (Å²) in [6.07, 6.45) is 3.74. The van der Waals surface area contributed by atoms with Gasteiger partial charge >= 0.3 is 0 Å². The van der Waals surface area contributed by atoms with E-state index in [1.54, 1.807) is 6.07 Å². The molecule has 0 unspecified atom stereocenters. The first kappa shape index (κ1) is 9.77. The zero-order valence-corrected chi connectivity index (χ0v) is 8.55. The fourth-order valence-electron chi connectivity index (χ4n) is 1.51. The monoisotopic (exact) mass is 204 g/mol. The smallest absolute Gasteiger partial charge is 0.146 e.